The molecule has 1 unspecified atom stereocenters. The molecule has 0 spiro atoms. The van der Waals surface area contributed by atoms with Gasteiger partial charge in [-0.25, -0.2) is 4.79 Å². The lowest BCUT2D eigenvalue weighted by atomic mass is 10.1. The Balaban J connectivity index is 2.52. The number of carbonyl (C=O) groups is 2. The van der Waals surface area contributed by atoms with Gasteiger partial charge in [0.25, 0.3) is 0 Å². The topological polar surface area (TPSA) is 70.1 Å². The molecule has 0 aromatic carbocycles. The molecular formula is C13H21F3N2O4. The Labute approximate surface area is 126 Å². The summed E-state index contributed by atoms with van der Waals surface area (Å²) in [4.78, 5) is 25.3. The van der Waals surface area contributed by atoms with Crippen LogP contribution in [0, 0.1) is 5.92 Å². The second-order valence-corrected chi connectivity index (χ2v) is 6.20. The SMILES string of the molecule is CC(C)(C)OC(=O)N1CCN(CC(C(=O)O)C(F)(F)F)CC1. The van der Waals surface area contributed by atoms with Gasteiger partial charge in [-0.1, -0.05) is 0 Å². The molecule has 0 aromatic rings. The van der Waals surface area contributed by atoms with Crippen molar-refractivity contribution in [2.24, 2.45) is 5.92 Å². The zero-order valence-corrected chi connectivity index (χ0v) is 12.8. The predicted molar refractivity (Wildman–Crippen MR) is 71.4 cm³/mol. The minimum Gasteiger partial charge on any atom is -0.481 e. The summed E-state index contributed by atoms with van der Waals surface area (Å²) in [5.41, 5.74) is -0.640. The summed E-state index contributed by atoms with van der Waals surface area (Å²) in [5, 5.41) is 8.68. The third-order valence-corrected chi connectivity index (χ3v) is 3.16. The highest BCUT2D eigenvalue weighted by Crippen LogP contribution is 2.27. The molecular weight excluding hydrogens is 305 g/mol. The number of amides is 1. The van der Waals surface area contributed by atoms with Gasteiger partial charge in [0.05, 0.1) is 0 Å². The Hall–Kier alpha value is -1.51. The molecule has 1 amide bonds. The van der Waals surface area contributed by atoms with E-state index in [0.29, 0.717) is 0 Å². The van der Waals surface area contributed by atoms with Crippen LogP contribution in [-0.4, -0.2) is 71.5 Å². The van der Waals surface area contributed by atoms with Crippen molar-refractivity contribution in [3.8, 4) is 0 Å². The van der Waals surface area contributed by atoms with Crippen molar-refractivity contribution in [2.45, 2.75) is 32.5 Å². The highest BCUT2D eigenvalue weighted by molar-refractivity contribution is 5.71. The normalized spacial score (nSPS) is 18.9. The van der Waals surface area contributed by atoms with Crippen LogP contribution in [0.5, 0.6) is 0 Å². The molecule has 1 atom stereocenters. The number of halogens is 3. The van der Waals surface area contributed by atoms with Crippen molar-refractivity contribution >= 4 is 12.1 Å². The predicted octanol–water partition coefficient (Wildman–Crippen LogP) is 1.80. The Morgan fingerprint density at radius 1 is 1.14 bits per heavy atom. The summed E-state index contributed by atoms with van der Waals surface area (Å²) in [7, 11) is 0. The van der Waals surface area contributed by atoms with Crippen molar-refractivity contribution in [1.82, 2.24) is 9.80 Å². The average Bonchev–Trinajstić information content (AvgIpc) is 2.32. The van der Waals surface area contributed by atoms with E-state index in [-0.39, 0.29) is 26.2 Å². The Morgan fingerprint density at radius 3 is 2.00 bits per heavy atom. The third kappa shape index (κ3) is 5.70. The summed E-state index contributed by atoms with van der Waals surface area (Å²) in [6.07, 6.45) is -5.30. The molecule has 128 valence electrons. The van der Waals surface area contributed by atoms with Gasteiger partial charge in [0.15, 0.2) is 5.92 Å². The van der Waals surface area contributed by atoms with Crippen LogP contribution in [0.2, 0.25) is 0 Å². The molecule has 1 heterocycles. The van der Waals surface area contributed by atoms with E-state index < -0.39 is 36.3 Å². The Morgan fingerprint density at radius 2 is 1.64 bits per heavy atom. The molecule has 1 aliphatic rings. The van der Waals surface area contributed by atoms with Gasteiger partial charge in [-0.2, -0.15) is 13.2 Å². The zero-order valence-electron chi connectivity index (χ0n) is 12.8. The fourth-order valence-corrected chi connectivity index (χ4v) is 2.02. The second kappa shape index (κ2) is 6.72. The number of piperazine rings is 1. The molecule has 9 heteroatoms. The number of ether oxygens (including phenoxy) is 1. The molecule has 22 heavy (non-hydrogen) atoms. The van der Waals surface area contributed by atoms with Crippen LogP contribution in [0.3, 0.4) is 0 Å². The minimum absolute atomic E-state index is 0.180. The Bertz CT molecular complexity index is 412. The molecule has 0 aliphatic carbocycles. The summed E-state index contributed by atoms with van der Waals surface area (Å²) < 4.78 is 43.1. The number of carboxylic acid groups (broad SMARTS) is 1. The zero-order chi connectivity index (χ0) is 17.1. The number of carbonyl (C=O) groups excluding carboxylic acids is 1. The smallest absolute Gasteiger partial charge is 0.410 e. The van der Waals surface area contributed by atoms with Gasteiger partial charge in [-0.15, -0.1) is 0 Å². The minimum atomic E-state index is -4.78. The number of aliphatic carboxylic acids is 1. The number of nitrogens with zero attached hydrogens (tertiary/aromatic N) is 2. The molecule has 6 nitrogen and oxygen atoms in total. The molecule has 1 saturated heterocycles. The van der Waals surface area contributed by atoms with Crippen LogP contribution >= 0.6 is 0 Å². The van der Waals surface area contributed by atoms with Crippen molar-refractivity contribution in [2.75, 3.05) is 32.7 Å². The fraction of sp³-hybridized carbons (Fsp3) is 0.846. The fourth-order valence-electron chi connectivity index (χ4n) is 2.02. The van der Waals surface area contributed by atoms with Crippen LogP contribution in [0.25, 0.3) is 0 Å². The summed E-state index contributed by atoms with van der Waals surface area (Å²) in [6.45, 7) is 5.34. The van der Waals surface area contributed by atoms with E-state index in [0.717, 1.165) is 0 Å². The largest absolute Gasteiger partial charge is 0.481 e. The van der Waals surface area contributed by atoms with Crippen molar-refractivity contribution in [3.63, 3.8) is 0 Å². The maximum absolute atomic E-state index is 12.6. The molecule has 0 bridgehead atoms. The molecule has 0 radical (unpaired) electrons. The van der Waals surface area contributed by atoms with Crippen LogP contribution in [0.4, 0.5) is 18.0 Å². The second-order valence-electron chi connectivity index (χ2n) is 6.20. The molecule has 1 rings (SSSR count). The van der Waals surface area contributed by atoms with E-state index in [4.69, 9.17) is 9.84 Å². The monoisotopic (exact) mass is 326 g/mol. The van der Waals surface area contributed by atoms with Crippen LogP contribution in [-0.2, 0) is 9.53 Å². The lowest BCUT2D eigenvalue weighted by molar-refractivity contribution is -0.197. The summed E-state index contributed by atoms with van der Waals surface area (Å²) in [5.74, 6) is -4.30. The summed E-state index contributed by atoms with van der Waals surface area (Å²) in [6, 6.07) is 0. The van der Waals surface area contributed by atoms with Crippen LogP contribution in [0.1, 0.15) is 20.8 Å². The van der Waals surface area contributed by atoms with Gasteiger partial charge in [0, 0.05) is 32.7 Å². The first-order chi connectivity index (χ1) is 9.90. The first-order valence-corrected chi connectivity index (χ1v) is 6.90. The number of alkyl halides is 3. The van der Waals surface area contributed by atoms with E-state index in [1.165, 1.54) is 9.80 Å². The highest BCUT2D eigenvalue weighted by Gasteiger charge is 2.46. The molecule has 1 N–H and O–H groups in total. The van der Waals surface area contributed by atoms with Gasteiger partial charge in [0.2, 0.25) is 0 Å². The quantitative estimate of drug-likeness (QED) is 0.856. The van der Waals surface area contributed by atoms with Gasteiger partial charge in [-0.3, -0.25) is 9.69 Å². The Kier molecular flexibility index (Phi) is 5.66. The van der Waals surface area contributed by atoms with E-state index in [2.05, 4.69) is 0 Å². The van der Waals surface area contributed by atoms with E-state index in [1.807, 2.05) is 0 Å². The van der Waals surface area contributed by atoms with E-state index in [1.54, 1.807) is 20.8 Å². The lowest BCUT2D eigenvalue weighted by Gasteiger charge is -2.36. The van der Waals surface area contributed by atoms with Crippen LogP contribution < -0.4 is 0 Å². The maximum Gasteiger partial charge on any atom is 0.410 e. The standard InChI is InChI=1S/C13H21F3N2O4/c1-12(2,3)22-11(21)18-6-4-17(5-7-18)8-9(10(19)20)13(14,15)16/h9H,4-8H2,1-3H3,(H,19,20). The lowest BCUT2D eigenvalue weighted by Crippen LogP contribution is -2.52. The number of carboxylic acids is 1. The third-order valence-electron chi connectivity index (χ3n) is 3.16. The van der Waals surface area contributed by atoms with Gasteiger partial charge < -0.3 is 14.7 Å². The first kappa shape index (κ1) is 18.5. The average molecular weight is 326 g/mol. The number of hydrogen-bond donors (Lipinski definition) is 1. The number of rotatable bonds is 3. The van der Waals surface area contributed by atoms with Gasteiger partial charge in [0.1, 0.15) is 5.60 Å². The molecule has 1 fully saturated rings. The first-order valence-electron chi connectivity index (χ1n) is 6.90. The number of hydrogen-bond acceptors (Lipinski definition) is 4. The maximum atomic E-state index is 12.6. The van der Waals surface area contributed by atoms with Gasteiger partial charge in [-0.05, 0) is 20.8 Å². The summed E-state index contributed by atoms with van der Waals surface area (Å²) >= 11 is 0. The molecule has 0 saturated carbocycles. The van der Waals surface area contributed by atoms with Crippen LogP contribution in [0.15, 0.2) is 0 Å². The molecule has 1 aliphatic heterocycles. The van der Waals surface area contributed by atoms with Crippen molar-refractivity contribution < 1.29 is 32.6 Å². The highest BCUT2D eigenvalue weighted by atomic mass is 19.4. The molecule has 0 aromatic heterocycles. The van der Waals surface area contributed by atoms with Gasteiger partial charge >= 0.3 is 18.2 Å². The van der Waals surface area contributed by atoms with E-state index in [9.17, 15) is 22.8 Å². The van der Waals surface area contributed by atoms with E-state index >= 15 is 0 Å². The van der Waals surface area contributed by atoms with Crippen molar-refractivity contribution in [3.05, 3.63) is 0 Å². The van der Waals surface area contributed by atoms with Crippen molar-refractivity contribution in [1.29, 1.82) is 0 Å².